The molecular formula is C25H29N3O5. The molecule has 0 fully saturated rings. The van der Waals surface area contributed by atoms with Crippen LogP contribution in [-0.2, 0) is 4.74 Å². The average molecular weight is 452 g/mol. The molecule has 2 N–H and O–H groups in total. The highest BCUT2D eigenvalue weighted by molar-refractivity contribution is 6.00. The van der Waals surface area contributed by atoms with Crippen LogP contribution in [0, 0.1) is 0 Å². The van der Waals surface area contributed by atoms with E-state index in [0.717, 1.165) is 17.5 Å². The molecular weight excluding hydrogens is 422 g/mol. The van der Waals surface area contributed by atoms with Gasteiger partial charge in [-0.15, -0.1) is 0 Å². The highest BCUT2D eigenvalue weighted by Crippen LogP contribution is 2.45. The zero-order valence-electron chi connectivity index (χ0n) is 19.1. The number of fused-ring (bicyclic) bond motifs is 1. The molecule has 1 aliphatic heterocycles. The van der Waals surface area contributed by atoms with Crippen molar-refractivity contribution in [2.24, 2.45) is 0 Å². The van der Waals surface area contributed by atoms with E-state index in [9.17, 15) is 9.90 Å². The van der Waals surface area contributed by atoms with Gasteiger partial charge in [-0.25, -0.2) is 0 Å². The minimum absolute atomic E-state index is 0.103. The van der Waals surface area contributed by atoms with E-state index in [1.807, 2.05) is 38.1 Å². The highest BCUT2D eigenvalue weighted by atomic mass is 16.5. The van der Waals surface area contributed by atoms with Crippen molar-refractivity contribution in [1.82, 2.24) is 15.1 Å². The number of hydrogen-bond donors (Lipinski definition) is 2. The molecule has 33 heavy (non-hydrogen) atoms. The molecule has 4 rings (SSSR count). The topological polar surface area (TPSA) is 96.9 Å². The number of carbonyl (C=O) groups excluding carboxylic acids is 1. The zero-order valence-corrected chi connectivity index (χ0v) is 19.1. The Bertz CT molecular complexity index is 1130. The number of phenolic OH excluding ortho intramolecular Hbond substituents is 1. The van der Waals surface area contributed by atoms with Crippen molar-refractivity contribution in [3.63, 3.8) is 0 Å². The predicted octanol–water partition coefficient (Wildman–Crippen LogP) is 4.16. The lowest BCUT2D eigenvalue weighted by molar-refractivity contribution is 0.0677. The Kier molecular flexibility index (Phi) is 6.84. The minimum atomic E-state index is -0.421. The molecule has 0 bridgehead atoms. The lowest BCUT2D eigenvalue weighted by Gasteiger charge is -2.27. The summed E-state index contributed by atoms with van der Waals surface area (Å²) in [5.74, 6) is 1.24. The third kappa shape index (κ3) is 4.26. The number of hydrogen-bond acceptors (Lipinski definition) is 6. The normalized spacial score (nSPS) is 15.1. The van der Waals surface area contributed by atoms with Gasteiger partial charge in [0.05, 0.1) is 25.9 Å². The Morgan fingerprint density at radius 2 is 1.91 bits per heavy atom. The van der Waals surface area contributed by atoms with E-state index < -0.39 is 6.04 Å². The Morgan fingerprint density at radius 3 is 2.64 bits per heavy atom. The number of aromatic hydroxyl groups is 1. The molecule has 3 aromatic rings. The molecule has 0 aliphatic carbocycles. The third-order valence-corrected chi connectivity index (χ3v) is 5.60. The average Bonchev–Trinajstić information content (AvgIpc) is 3.36. The summed E-state index contributed by atoms with van der Waals surface area (Å²) in [6.45, 7) is 5.84. The Morgan fingerprint density at radius 1 is 1.09 bits per heavy atom. The first-order chi connectivity index (χ1) is 16.1. The van der Waals surface area contributed by atoms with E-state index in [0.29, 0.717) is 54.8 Å². The summed E-state index contributed by atoms with van der Waals surface area (Å²) in [5.41, 5.74) is 3.12. The minimum Gasteiger partial charge on any atom is -0.507 e. The zero-order chi connectivity index (χ0) is 23.4. The van der Waals surface area contributed by atoms with Gasteiger partial charge in [0.15, 0.2) is 11.5 Å². The van der Waals surface area contributed by atoms with E-state index in [1.54, 1.807) is 30.2 Å². The second kappa shape index (κ2) is 9.95. The largest absolute Gasteiger partial charge is 0.507 e. The number of amides is 1. The maximum absolute atomic E-state index is 13.3. The maximum Gasteiger partial charge on any atom is 0.273 e. The van der Waals surface area contributed by atoms with Crippen LogP contribution in [0.3, 0.4) is 0 Å². The number of aromatic nitrogens is 2. The van der Waals surface area contributed by atoms with Crippen molar-refractivity contribution < 1.29 is 24.1 Å². The first-order valence-electron chi connectivity index (χ1n) is 11.2. The van der Waals surface area contributed by atoms with Crippen LogP contribution in [0.2, 0.25) is 0 Å². The van der Waals surface area contributed by atoms with Crippen LogP contribution in [0.4, 0.5) is 0 Å². The molecule has 174 valence electrons. The van der Waals surface area contributed by atoms with Gasteiger partial charge in [0.25, 0.3) is 5.91 Å². The molecule has 0 spiro atoms. The molecule has 0 saturated heterocycles. The van der Waals surface area contributed by atoms with E-state index in [4.69, 9.17) is 14.2 Å². The van der Waals surface area contributed by atoms with Crippen LogP contribution < -0.4 is 9.47 Å². The SMILES string of the molecule is CCCOc1ccc(C2c3c(-c4ccccc4O)n[nH]c3C(=O)N2CCOC)cc1OCC. The molecule has 0 saturated carbocycles. The standard InChI is InChI=1S/C25H29N3O5/c1-4-13-33-19-11-10-16(15-20(19)32-5-2)24-21-22(17-8-6-7-9-18(17)29)26-27-23(21)25(30)28(24)12-14-31-3/h6-11,15,24,29H,4-5,12-14H2,1-3H3,(H,26,27). The van der Waals surface area contributed by atoms with Gasteiger partial charge in [-0.05, 0) is 43.2 Å². The van der Waals surface area contributed by atoms with Crippen LogP contribution >= 0.6 is 0 Å². The second-order valence-corrected chi connectivity index (χ2v) is 7.76. The fourth-order valence-electron chi connectivity index (χ4n) is 4.14. The monoisotopic (exact) mass is 451 g/mol. The van der Waals surface area contributed by atoms with Crippen LogP contribution in [0.1, 0.15) is 47.9 Å². The molecule has 1 atom stereocenters. The van der Waals surface area contributed by atoms with Gasteiger partial charge in [-0.3, -0.25) is 9.89 Å². The summed E-state index contributed by atoms with van der Waals surface area (Å²) in [7, 11) is 1.61. The lowest BCUT2D eigenvalue weighted by atomic mass is 9.95. The third-order valence-electron chi connectivity index (χ3n) is 5.60. The number of ether oxygens (including phenoxy) is 3. The summed E-state index contributed by atoms with van der Waals surface area (Å²) in [5, 5.41) is 17.8. The number of phenols is 1. The molecule has 1 aromatic heterocycles. The summed E-state index contributed by atoms with van der Waals surface area (Å²) in [6, 6.07) is 12.3. The van der Waals surface area contributed by atoms with Crippen LogP contribution in [0.25, 0.3) is 11.3 Å². The van der Waals surface area contributed by atoms with Gasteiger partial charge in [0, 0.05) is 24.8 Å². The number of methoxy groups -OCH3 is 1. The van der Waals surface area contributed by atoms with Crippen molar-refractivity contribution in [1.29, 1.82) is 0 Å². The van der Waals surface area contributed by atoms with Gasteiger partial charge in [-0.2, -0.15) is 5.10 Å². The second-order valence-electron chi connectivity index (χ2n) is 7.76. The van der Waals surface area contributed by atoms with E-state index in [1.165, 1.54) is 0 Å². The number of aromatic amines is 1. The number of rotatable bonds is 10. The molecule has 1 unspecified atom stereocenters. The fraction of sp³-hybridized carbons (Fsp3) is 0.360. The Labute approximate surface area is 193 Å². The van der Waals surface area contributed by atoms with Gasteiger partial charge >= 0.3 is 0 Å². The van der Waals surface area contributed by atoms with Crippen molar-refractivity contribution in [2.75, 3.05) is 33.5 Å². The van der Waals surface area contributed by atoms with Crippen LogP contribution in [0.5, 0.6) is 17.2 Å². The van der Waals surface area contributed by atoms with Crippen LogP contribution in [0.15, 0.2) is 42.5 Å². The van der Waals surface area contributed by atoms with E-state index >= 15 is 0 Å². The number of para-hydroxylation sites is 1. The van der Waals surface area contributed by atoms with Gasteiger partial charge in [0.1, 0.15) is 17.1 Å². The van der Waals surface area contributed by atoms with Gasteiger partial charge < -0.3 is 24.2 Å². The lowest BCUT2D eigenvalue weighted by Crippen LogP contribution is -2.32. The van der Waals surface area contributed by atoms with E-state index in [2.05, 4.69) is 10.2 Å². The van der Waals surface area contributed by atoms with Gasteiger partial charge in [-0.1, -0.05) is 25.1 Å². The molecule has 2 aromatic carbocycles. The molecule has 1 amide bonds. The number of carbonyl (C=O) groups is 1. The maximum atomic E-state index is 13.3. The molecule has 8 heteroatoms. The Balaban J connectivity index is 1.84. The summed E-state index contributed by atoms with van der Waals surface area (Å²) in [6.07, 6.45) is 0.886. The number of benzene rings is 2. The van der Waals surface area contributed by atoms with Crippen molar-refractivity contribution >= 4 is 5.91 Å². The molecule has 2 heterocycles. The van der Waals surface area contributed by atoms with Crippen molar-refractivity contribution in [3.8, 4) is 28.5 Å². The smallest absolute Gasteiger partial charge is 0.273 e. The molecule has 0 radical (unpaired) electrons. The summed E-state index contributed by atoms with van der Waals surface area (Å²) >= 11 is 0. The Hall–Kier alpha value is -3.52. The first-order valence-corrected chi connectivity index (χ1v) is 11.2. The highest BCUT2D eigenvalue weighted by Gasteiger charge is 2.42. The van der Waals surface area contributed by atoms with Gasteiger partial charge in [0.2, 0.25) is 0 Å². The van der Waals surface area contributed by atoms with E-state index in [-0.39, 0.29) is 11.7 Å². The molecule has 8 nitrogen and oxygen atoms in total. The number of H-pyrrole nitrogens is 1. The van der Waals surface area contributed by atoms with Crippen molar-refractivity contribution in [3.05, 3.63) is 59.3 Å². The van der Waals surface area contributed by atoms with Crippen molar-refractivity contribution in [2.45, 2.75) is 26.3 Å². The van der Waals surface area contributed by atoms with Crippen LogP contribution in [-0.4, -0.2) is 59.6 Å². The predicted molar refractivity (Wildman–Crippen MR) is 124 cm³/mol. The fourth-order valence-corrected chi connectivity index (χ4v) is 4.14. The quantitative estimate of drug-likeness (QED) is 0.480. The first kappa shape index (κ1) is 22.7. The summed E-state index contributed by atoms with van der Waals surface area (Å²) < 4.78 is 17.0. The number of nitrogens with zero attached hydrogens (tertiary/aromatic N) is 2. The molecule has 1 aliphatic rings. The summed E-state index contributed by atoms with van der Waals surface area (Å²) in [4.78, 5) is 15.1. The number of nitrogens with one attached hydrogen (secondary N) is 1.